The average Bonchev–Trinajstić information content (AvgIpc) is 3.45. The maximum Gasteiger partial charge on any atom is 0.255 e. The Kier molecular flexibility index (Phi) is 5.21. The van der Waals surface area contributed by atoms with Crippen molar-refractivity contribution in [3.63, 3.8) is 0 Å². The maximum absolute atomic E-state index is 12.9. The molecular formula is C25H22N6O. The summed E-state index contributed by atoms with van der Waals surface area (Å²) in [5.74, 6) is -0.127. The SMILES string of the molecule is Cn1ncc(C(=O)NCc2ccc(-c3ncnc4[nH]ccc34)cc2)c1Cc1ccccc1. The fourth-order valence-corrected chi connectivity index (χ4v) is 3.81. The van der Waals surface area contributed by atoms with Gasteiger partial charge >= 0.3 is 0 Å². The number of aromatic amines is 1. The first-order valence-electron chi connectivity index (χ1n) is 10.4. The number of nitrogens with zero attached hydrogens (tertiary/aromatic N) is 4. The van der Waals surface area contributed by atoms with E-state index in [0.29, 0.717) is 18.5 Å². The van der Waals surface area contributed by atoms with Crippen molar-refractivity contribution in [2.24, 2.45) is 7.05 Å². The molecule has 3 heterocycles. The second-order valence-electron chi connectivity index (χ2n) is 7.63. The van der Waals surface area contributed by atoms with E-state index in [4.69, 9.17) is 0 Å². The molecule has 158 valence electrons. The van der Waals surface area contributed by atoms with Gasteiger partial charge in [-0.1, -0.05) is 54.6 Å². The first kappa shape index (κ1) is 19.7. The number of benzene rings is 2. The Labute approximate surface area is 185 Å². The van der Waals surface area contributed by atoms with Gasteiger partial charge < -0.3 is 10.3 Å². The van der Waals surface area contributed by atoms with E-state index in [1.165, 1.54) is 0 Å². The molecule has 0 unspecified atom stereocenters. The molecular weight excluding hydrogens is 400 g/mol. The van der Waals surface area contributed by atoms with E-state index in [1.807, 2.05) is 61.8 Å². The summed E-state index contributed by atoms with van der Waals surface area (Å²) in [6.07, 6.45) is 5.70. The Morgan fingerprint density at radius 3 is 2.62 bits per heavy atom. The monoisotopic (exact) mass is 422 g/mol. The molecule has 2 aromatic carbocycles. The van der Waals surface area contributed by atoms with Gasteiger partial charge in [0.1, 0.15) is 12.0 Å². The number of hydrogen-bond donors (Lipinski definition) is 2. The lowest BCUT2D eigenvalue weighted by atomic mass is 10.1. The summed E-state index contributed by atoms with van der Waals surface area (Å²) in [5.41, 5.74) is 6.34. The van der Waals surface area contributed by atoms with Gasteiger partial charge in [-0.15, -0.1) is 0 Å². The number of carbonyl (C=O) groups is 1. The van der Waals surface area contributed by atoms with Crippen LogP contribution in [-0.2, 0) is 20.0 Å². The highest BCUT2D eigenvalue weighted by molar-refractivity contribution is 5.95. The Balaban J connectivity index is 1.28. The molecule has 0 aliphatic rings. The van der Waals surface area contributed by atoms with Crippen molar-refractivity contribution < 1.29 is 4.79 Å². The van der Waals surface area contributed by atoms with Gasteiger partial charge in [0.2, 0.25) is 0 Å². The van der Waals surface area contributed by atoms with Gasteiger partial charge in [0.25, 0.3) is 5.91 Å². The van der Waals surface area contributed by atoms with Gasteiger partial charge in [0, 0.05) is 37.2 Å². The predicted molar refractivity (Wildman–Crippen MR) is 123 cm³/mol. The van der Waals surface area contributed by atoms with E-state index < -0.39 is 0 Å². The third-order valence-electron chi connectivity index (χ3n) is 5.55. The van der Waals surface area contributed by atoms with Crippen LogP contribution in [0.1, 0.15) is 27.2 Å². The molecule has 0 aliphatic heterocycles. The molecule has 5 rings (SSSR count). The van der Waals surface area contributed by atoms with Crippen LogP contribution in [0.25, 0.3) is 22.3 Å². The molecule has 7 nitrogen and oxygen atoms in total. The van der Waals surface area contributed by atoms with Crippen LogP contribution in [-0.4, -0.2) is 30.6 Å². The number of aryl methyl sites for hydroxylation is 1. The Bertz CT molecular complexity index is 1370. The standard InChI is InChI=1S/C25H22N6O/c1-31-22(13-17-5-3-2-4-6-17)21(15-30-31)25(32)27-14-18-7-9-19(10-8-18)23-20-11-12-26-24(20)29-16-28-23/h2-12,15-16H,13-14H2,1H3,(H,27,32)(H,26,28,29). The third-order valence-corrected chi connectivity index (χ3v) is 5.55. The summed E-state index contributed by atoms with van der Waals surface area (Å²) < 4.78 is 1.76. The van der Waals surface area contributed by atoms with E-state index >= 15 is 0 Å². The topological polar surface area (TPSA) is 88.5 Å². The van der Waals surface area contributed by atoms with Crippen molar-refractivity contribution >= 4 is 16.9 Å². The molecule has 0 saturated carbocycles. The number of aromatic nitrogens is 5. The second-order valence-corrected chi connectivity index (χ2v) is 7.63. The lowest BCUT2D eigenvalue weighted by Crippen LogP contribution is -2.24. The largest absolute Gasteiger partial charge is 0.348 e. The molecule has 1 amide bonds. The molecule has 3 aromatic heterocycles. The molecule has 5 aromatic rings. The Hall–Kier alpha value is -4.26. The molecule has 0 aliphatic carbocycles. The van der Waals surface area contributed by atoms with Gasteiger partial charge in [-0.05, 0) is 17.2 Å². The van der Waals surface area contributed by atoms with Gasteiger partial charge in [-0.2, -0.15) is 5.10 Å². The smallest absolute Gasteiger partial charge is 0.255 e. The third kappa shape index (κ3) is 3.88. The van der Waals surface area contributed by atoms with Gasteiger partial charge in [0.15, 0.2) is 0 Å². The zero-order valence-electron chi connectivity index (χ0n) is 17.6. The Morgan fingerprint density at radius 1 is 1.00 bits per heavy atom. The lowest BCUT2D eigenvalue weighted by molar-refractivity contribution is 0.0950. The van der Waals surface area contributed by atoms with Crippen molar-refractivity contribution in [2.45, 2.75) is 13.0 Å². The fourth-order valence-electron chi connectivity index (χ4n) is 3.81. The summed E-state index contributed by atoms with van der Waals surface area (Å²) >= 11 is 0. The number of nitrogens with one attached hydrogen (secondary N) is 2. The molecule has 0 bridgehead atoms. The number of carbonyl (C=O) groups excluding carboxylic acids is 1. The highest BCUT2D eigenvalue weighted by atomic mass is 16.1. The van der Waals surface area contributed by atoms with Crippen LogP contribution in [0.4, 0.5) is 0 Å². The quantitative estimate of drug-likeness (QED) is 0.435. The van der Waals surface area contributed by atoms with Crippen LogP contribution in [0.2, 0.25) is 0 Å². The first-order valence-corrected chi connectivity index (χ1v) is 10.4. The highest BCUT2D eigenvalue weighted by Crippen LogP contribution is 2.25. The van der Waals surface area contributed by atoms with Crippen molar-refractivity contribution in [2.75, 3.05) is 0 Å². The molecule has 0 spiro atoms. The van der Waals surface area contributed by atoms with Gasteiger partial charge in [0.05, 0.1) is 23.1 Å². The van der Waals surface area contributed by atoms with Crippen LogP contribution in [0.5, 0.6) is 0 Å². The lowest BCUT2D eigenvalue weighted by Gasteiger charge is -2.09. The minimum absolute atomic E-state index is 0.127. The fraction of sp³-hybridized carbons (Fsp3) is 0.120. The van der Waals surface area contributed by atoms with Crippen molar-refractivity contribution in [3.05, 3.63) is 102 Å². The minimum atomic E-state index is -0.127. The number of rotatable bonds is 6. The average molecular weight is 422 g/mol. The van der Waals surface area contributed by atoms with Crippen LogP contribution in [0.3, 0.4) is 0 Å². The summed E-state index contributed by atoms with van der Waals surface area (Å²) in [5, 5.41) is 8.29. The summed E-state index contributed by atoms with van der Waals surface area (Å²) in [6, 6.07) is 20.1. The van der Waals surface area contributed by atoms with E-state index in [0.717, 1.165) is 39.1 Å². The molecule has 32 heavy (non-hydrogen) atoms. The van der Waals surface area contributed by atoms with Crippen LogP contribution in [0.15, 0.2) is 79.4 Å². The van der Waals surface area contributed by atoms with E-state index in [2.05, 4.69) is 37.5 Å². The molecule has 0 saturated heterocycles. The van der Waals surface area contributed by atoms with Crippen LogP contribution >= 0.6 is 0 Å². The van der Waals surface area contributed by atoms with E-state index in [1.54, 1.807) is 17.2 Å². The summed E-state index contributed by atoms with van der Waals surface area (Å²) in [6.45, 7) is 0.433. The number of hydrogen-bond acceptors (Lipinski definition) is 4. The van der Waals surface area contributed by atoms with Gasteiger partial charge in [-0.3, -0.25) is 9.48 Å². The first-order chi connectivity index (χ1) is 15.7. The van der Waals surface area contributed by atoms with Crippen LogP contribution in [0, 0.1) is 0 Å². The normalized spacial score (nSPS) is 11.0. The molecule has 2 N–H and O–H groups in total. The highest BCUT2D eigenvalue weighted by Gasteiger charge is 2.16. The zero-order valence-corrected chi connectivity index (χ0v) is 17.6. The van der Waals surface area contributed by atoms with Crippen molar-refractivity contribution in [1.82, 2.24) is 30.0 Å². The van der Waals surface area contributed by atoms with Crippen molar-refractivity contribution in [1.29, 1.82) is 0 Å². The minimum Gasteiger partial charge on any atom is -0.348 e. The van der Waals surface area contributed by atoms with Crippen LogP contribution < -0.4 is 5.32 Å². The van der Waals surface area contributed by atoms with Crippen molar-refractivity contribution in [3.8, 4) is 11.3 Å². The Morgan fingerprint density at radius 2 is 1.81 bits per heavy atom. The molecule has 7 heteroatoms. The molecule has 0 fully saturated rings. The summed E-state index contributed by atoms with van der Waals surface area (Å²) in [4.78, 5) is 24.6. The predicted octanol–water partition coefficient (Wildman–Crippen LogP) is 3.88. The molecule has 0 radical (unpaired) electrons. The van der Waals surface area contributed by atoms with E-state index in [9.17, 15) is 4.79 Å². The van der Waals surface area contributed by atoms with Gasteiger partial charge in [-0.25, -0.2) is 9.97 Å². The molecule has 0 atom stereocenters. The number of amides is 1. The number of fused-ring (bicyclic) bond motifs is 1. The number of H-pyrrole nitrogens is 1. The second kappa shape index (κ2) is 8.47. The summed E-state index contributed by atoms with van der Waals surface area (Å²) in [7, 11) is 1.86. The zero-order chi connectivity index (χ0) is 21.9. The maximum atomic E-state index is 12.9. The van der Waals surface area contributed by atoms with E-state index in [-0.39, 0.29) is 5.91 Å².